The third kappa shape index (κ3) is 3.71. The molecule has 2 aromatic carbocycles. The molecule has 3 nitrogen and oxygen atoms in total. The van der Waals surface area contributed by atoms with Crippen molar-refractivity contribution in [3.05, 3.63) is 62.2 Å². The van der Waals surface area contributed by atoms with E-state index >= 15 is 0 Å². The number of halogens is 2. The minimum Gasteiger partial charge on any atom is -0.323 e. The molecule has 0 aromatic heterocycles. The van der Waals surface area contributed by atoms with Gasteiger partial charge in [0, 0.05) is 3.57 Å². The van der Waals surface area contributed by atoms with E-state index in [1.54, 1.807) is 12.1 Å². The lowest BCUT2D eigenvalue weighted by atomic mass is 10.1. The minimum atomic E-state index is -0.717. The highest BCUT2D eigenvalue weighted by molar-refractivity contribution is 14.1. The molecule has 0 bridgehead atoms. The van der Waals surface area contributed by atoms with Gasteiger partial charge < -0.3 is 11.1 Å². The Morgan fingerprint density at radius 2 is 1.90 bits per heavy atom. The second-order valence-electron chi connectivity index (χ2n) is 4.50. The number of nitrogens with two attached hydrogens (primary N) is 1. The first kappa shape index (κ1) is 15.3. The van der Waals surface area contributed by atoms with E-state index in [0.717, 1.165) is 14.7 Å². The second-order valence-corrected chi connectivity index (χ2v) is 6.15. The summed E-state index contributed by atoms with van der Waals surface area (Å²) in [6.45, 7) is 1.99. The lowest BCUT2D eigenvalue weighted by Gasteiger charge is -2.14. The Morgan fingerprint density at radius 3 is 2.50 bits per heavy atom. The molecular weight excluding hydrogens is 387 g/mol. The van der Waals surface area contributed by atoms with Gasteiger partial charge in [0.25, 0.3) is 0 Å². The minimum absolute atomic E-state index is 0.281. The standard InChI is InChI=1S/C15H14ClIN2O/c1-9-2-4-10(5-3-9)14(18)15(20)19-13-7-6-11(17)8-12(13)16/h2-8,14H,18H2,1H3,(H,19,20). The molecule has 5 heteroatoms. The number of anilines is 1. The maximum atomic E-state index is 12.1. The van der Waals surface area contributed by atoms with Gasteiger partial charge in [-0.1, -0.05) is 41.4 Å². The van der Waals surface area contributed by atoms with Crippen LogP contribution < -0.4 is 11.1 Å². The number of hydrogen-bond donors (Lipinski definition) is 2. The average molecular weight is 401 g/mol. The number of hydrogen-bond acceptors (Lipinski definition) is 2. The van der Waals surface area contributed by atoms with Gasteiger partial charge in [-0.2, -0.15) is 0 Å². The summed E-state index contributed by atoms with van der Waals surface area (Å²) in [4.78, 5) is 12.1. The zero-order valence-corrected chi connectivity index (χ0v) is 13.8. The van der Waals surface area contributed by atoms with Crippen molar-refractivity contribution < 1.29 is 4.79 Å². The highest BCUT2D eigenvalue weighted by atomic mass is 127. The van der Waals surface area contributed by atoms with E-state index in [2.05, 4.69) is 27.9 Å². The van der Waals surface area contributed by atoms with Crippen LogP contribution >= 0.6 is 34.2 Å². The third-order valence-electron chi connectivity index (χ3n) is 2.91. The quantitative estimate of drug-likeness (QED) is 0.768. The fourth-order valence-corrected chi connectivity index (χ4v) is 2.63. The summed E-state index contributed by atoms with van der Waals surface area (Å²) >= 11 is 8.24. The summed E-state index contributed by atoms with van der Waals surface area (Å²) in [5, 5.41) is 3.25. The largest absolute Gasteiger partial charge is 0.323 e. The molecule has 1 amide bonds. The number of nitrogens with one attached hydrogen (secondary N) is 1. The lowest BCUT2D eigenvalue weighted by molar-refractivity contribution is -0.117. The zero-order chi connectivity index (χ0) is 14.7. The first-order valence-electron chi connectivity index (χ1n) is 6.05. The molecule has 3 N–H and O–H groups in total. The van der Waals surface area contributed by atoms with E-state index in [4.69, 9.17) is 17.3 Å². The van der Waals surface area contributed by atoms with E-state index in [1.807, 2.05) is 37.3 Å². The zero-order valence-electron chi connectivity index (χ0n) is 10.9. The number of amides is 1. The maximum absolute atomic E-state index is 12.1. The smallest absolute Gasteiger partial charge is 0.245 e. The summed E-state index contributed by atoms with van der Waals surface area (Å²) in [6, 6.07) is 12.3. The van der Waals surface area contributed by atoms with Gasteiger partial charge in [-0.3, -0.25) is 4.79 Å². The first-order chi connectivity index (χ1) is 9.47. The molecule has 1 unspecified atom stereocenters. The predicted molar refractivity (Wildman–Crippen MR) is 90.9 cm³/mol. The fourth-order valence-electron chi connectivity index (χ4n) is 1.73. The van der Waals surface area contributed by atoms with Crippen LogP contribution in [0.1, 0.15) is 17.2 Å². The van der Waals surface area contributed by atoms with Gasteiger partial charge in [-0.15, -0.1) is 0 Å². The fraction of sp³-hybridized carbons (Fsp3) is 0.133. The van der Waals surface area contributed by atoms with Gasteiger partial charge >= 0.3 is 0 Å². The molecular formula is C15H14ClIN2O. The van der Waals surface area contributed by atoms with Crippen LogP contribution in [0, 0.1) is 10.5 Å². The average Bonchev–Trinajstić information content (AvgIpc) is 2.42. The molecule has 2 aromatic rings. The molecule has 0 saturated heterocycles. The van der Waals surface area contributed by atoms with Gasteiger partial charge in [0.15, 0.2) is 0 Å². The Labute approximate surface area is 136 Å². The van der Waals surface area contributed by atoms with Crippen LogP contribution in [-0.2, 0) is 4.79 Å². The number of carbonyl (C=O) groups excluding carboxylic acids is 1. The lowest BCUT2D eigenvalue weighted by Crippen LogP contribution is -2.27. The summed E-state index contributed by atoms with van der Waals surface area (Å²) in [5.41, 5.74) is 8.43. The predicted octanol–water partition coefficient (Wildman–Crippen LogP) is 3.89. The van der Waals surface area contributed by atoms with Crippen molar-refractivity contribution in [1.29, 1.82) is 0 Å². The van der Waals surface area contributed by atoms with Gasteiger partial charge in [0.1, 0.15) is 6.04 Å². The third-order valence-corrected chi connectivity index (χ3v) is 3.89. The number of aryl methyl sites for hydroxylation is 1. The normalized spacial score (nSPS) is 12.0. The Morgan fingerprint density at radius 1 is 1.25 bits per heavy atom. The van der Waals surface area contributed by atoms with Crippen molar-refractivity contribution >= 4 is 45.8 Å². The molecule has 0 spiro atoms. The van der Waals surface area contributed by atoms with Crippen molar-refractivity contribution in [3.8, 4) is 0 Å². The summed E-state index contributed by atoms with van der Waals surface area (Å²) in [5.74, 6) is -0.281. The van der Waals surface area contributed by atoms with E-state index in [0.29, 0.717) is 10.7 Å². The number of carbonyl (C=O) groups is 1. The molecule has 0 saturated carbocycles. The summed E-state index contributed by atoms with van der Waals surface area (Å²) in [7, 11) is 0. The second kappa shape index (κ2) is 6.56. The highest BCUT2D eigenvalue weighted by Crippen LogP contribution is 2.25. The van der Waals surface area contributed by atoms with Crippen LogP contribution in [0.25, 0.3) is 0 Å². The first-order valence-corrected chi connectivity index (χ1v) is 7.51. The van der Waals surface area contributed by atoms with Crippen LogP contribution in [0.15, 0.2) is 42.5 Å². The Balaban J connectivity index is 2.13. The molecule has 0 radical (unpaired) electrons. The van der Waals surface area contributed by atoms with Crippen LogP contribution in [0.3, 0.4) is 0 Å². The van der Waals surface area contributed by atoms with E-state index in [1.165, 1.54) is 0 Å². The monoisotopic (exact) mass is 400 g/mol. The van der Waals surface area contributed by atoms with Crippen LogP contribution in [0.4, 0.5) is 5.69 Å². The van der Waals surface area contributed by atoms with E-state index in [-0.39, 0.29) is 5.91 Å². The van der Waals surface area contributed by atoms with Crippen molar-refractivity contribution in [3.63, 3.8) is 0 Å². The molecule has 104 valence electrons. The Kier molecular flexibility index (Phi) is 5.01. The van der Waals surface area contributed by atoms with E-state index < -0.39 is 6.04 Å². The highest BCUT2D eigenvalue weighted by Gasteiger charge is 2.16. The van der Waals surface area contributed by atoms with Gasteiger partial charge in [-0.05, 0) is 53.3 Å². The summed E-state index contributed by atoms with van der Waals surface area (Å²) in [6.07, 6.45) is 0. The van der Waals surface area contributed by atoms with Crippen molar-refractivity contribution in [2.75, 3.05) is 5.32 Å². The maximum Gasteiger partial charge on any atom is 0.245 e. The number of benzene rings is 2. The van der Waals surface area contributed by atoms with E-state index in [9.17, 15) is 4.79 Å². The van der Waals surface area contributed by atoms with Crippen molar-refractivity contribution in [2.24, 2.45) is 5.73 Å². The molecule has 0 heterocycles. The van der Waals surface area contributed by atoms with Crippen molar-refractivity contribution in [2.45, 2.75) is 13.0 Å². The summed E-state index contributed by atoms with van der Waals surface area (Å²) < 4.78 is 1.01. The molecule has 0 fully saturated rings. The van der Waals surface area contributed by atoms with Gasteiger partial charge in [0.2, 0.25) is 5.91 Å². The molecule has 2 rings (SSSR count). The molecule has 20 heavy (non-hydrogen) atoms. The van der Waals surface area contributed by atoms with Crippen LogP contribution in [0.5, 0.6) is 0 Å². The van der Waals surface area contributed by atoms with Gasteiger partial charge in [-0.25, -0.2) is 0 Å². The van der Waals surface area contributed by atoms with Crippen molar-refractivity contribution in [1.82, 2.24) is 0 Å². The van der Waals surface area contributed by atoms with Crippen LogP contribution in [-0.4, -0.2) is 5.91 Å². The van der Waals surface area contributed by atoms with Gasteiger partial charge in [0.05, 0.1) is 10.7 Å². The topological polar surface area (TPSA) is 55.1 Å². The Bertz CT molecular complexity index is 628. The molecule has 0 aliphatic heterocycles. The molecule has 0 aliphatic rings. The molecule has 1 atom stereocenters. The van der Waals surface area contributed by atoms with Crippen LogP contribution in [0.2, 0.25) is 5.02 Å². The Hall–Kier alpha value is -1.11. The molecule has 0 aliphatic carbocycles. The number of rotatable bonds is 3. The SMILES string of the molecule is Cc1ccc(C(N)C(=O)Nc2ccc(I)cc2Cl)cc1.